The van der Waals surface area contributed by atoms with Gasteiger partial charge >= 0.3 is 0 Å². The lowest BCUT2D eigenvalue weighted by atomic mass is 9.73. The molecule has 0 radical (unpaired) electrons. The molecule has 1 aliphatic heterocycles. The van der Waals surface area contributed by atoms with Crippen molar-refractivity contribution in [3.8, 4) is 11.5 Å². The van der Waals surface area contributed by atoms with Crippen molar-refractivity contribution in [2.24, 2.45) is 0 Å². The standard InChI is InChI=1S/C24H32N2O3/c1-4-26-16-9-14-24(15-17-26,20-11-6-5-7-12-20)23(27)25-18-19-10-8-13-21(28-2)22(19)29-3/h5-8,10-13H,4,9,14-18H2,1-3H3,(H,25,27)/t24-/m1/s1. The number of hydrogen-bond acceptors (Lipinski definition) is 4. The minimum absolute atomic E-state index is 0.0894. The summed E-state index contributed by atoms with van der Waals surface area (Å²) in [6, 6.07) is 16.0. The molecule has 0 aromatic heterocycles. The summed E-state index contributed by atoms with van der Waals surface area (Å²) in [6.45, 7) is 5.59. The Bertz CT molecular complexity index is 809. The zero-order valence-corrected chi connectivity index (χ0v) is 17.7. The van der Waals surface area contributed by atoms with Crippen molar-refractivity contribution in [3.05, 3.63) is 59.7 Å². The van der Waals surface area contributed by atoms with Crippen LogP contribution in [0.1, 0.15) is 37.3 Å². The van der Waals surface area contributed by atoms with Crippen LogP contribution in [0.25, 0.3) is 0 Å². The van der Waals surface area contributed by atoms with E-state index in [-0.39, 0.29) is 5.91 Å². The van der Waals surface area contributed by atoms with Gasteiger partial charge in [0.05, 0.1) is 19.6 Å². The lowest BCUT2D eigenvalue weighted by Crippen LogP contribution is -2.45. The quantitative estimate of drug-likeness (QED) is 0.774. The number of benzene rings is 2. The maximum absolute atomic E-state index is 13.6. The van der Waals surface area contributed by atoms with Gasteiger partial charge in [-0.3, -0.25) is 4.79 Å². The highest BCUT2D eigenvalue weighted by atomic mass is 16.5. The van der Waals surface area contributed by atoms with Gasteiger partial charge in [-0.1, -0.05) is 49.4 Å². The molecule has 2 aromatic rings. The molecule has 2 aromatic carbocycles. The number of ether oxygens (including phenoxy) is 2. The van der Waals surface area contributed by atoms with Crippen LogP contribution < -0.4 is 14.8 Å². The zero-order chi connectivity index (χ0) is 20.7. The molecule has 1 N–H and O–H groups in total. The Kier molecular flexibility index (Phi) is 7.15. The molecule has 1 heterocycles. The molecule has 5 heteroatoms. The molecule has 1 atom stereocenters. The molecule has 0 spiro atoms. The van der Waals surface area contributed by atoms with Crippen LogP contribution >= 0.6 is 0 Å². The topological polar surface area (TPSA) is 50.8 Å². The zero-order valence-electron chi connectivity index (χ0n) is 17.7. The molecular formula is C24H32N2O3. The number of rotatable bonds is 7. The van der Waals surface area contributed by atoms with Gasteiger partial charge in [0.1, 0.15) is 0 Å². The van der Waals surface area contributed by atoms with Gasteiger partial charge in [-0.25, -0.2) is 0 Å². The highest BCUT2D eigenvalue weighted by Crippen LogP contribution is 2.36. The third-order valence-corrected chi connectivity index (χ3v) is 6.06. The SMILES string of the molecule is CCN1CCC[C@](C(=O)NCc2cccc(OC)c2OC)(c2ccccc2)CC1. The van der Waals surface area contributed by atoms with E-state index in [4.69, 9.17) is 9.47 Å². The van der Waals surface area contributed by atoms with E-state index in [0.717, 1.165) is 50.0 Å². The molecule has 1 fully saturated rings. The van der Waals surface area contributed by atoms with E-state index in [1.54, 1.807) is 14.2 Å². The van der Waals surface area contributed by atoms with Crippen molar-refractivity contribution in [1.82, 2.24) is 10.2 Å². The third kappa shape index (κ3) is 4.56. The monoisotopic (exact) mass is 396 g/mol. The van der Waals surface area contributed by atoms with Gasteiger partial charge in [0.15, 0.2) is 11.5 Å². The first-order valence-corrected chi connectivity index (χ1v) is 10.4. The molecule has 0 aliphatic carbocycles. The summed E-state index contributed by atoms with van der Waals surface area (Å²) >= 11 is 0. The van der Waals surface area contributed by atoms with Crippen LogP contribution in [0.2, 0.25) is 0 Å². The number of methoxy groups -OCH3 is 2. The highest BCUT2D eigenvalue weighted by Gasteiger charge is 2.41. The van der Waals surface area contributed by atoms with E-state index >= 15 is 0 Å². The second-order valence-corrected chi connectivity index (χ2v) is 7.57. The lowest BCUT2D eigenvalue weighted by Gasteiger charge is -2.32. The van der Waals surface area contributed by atoms with E-state index in [9.17, 15) is 4.79 Å². The number of nitrogens with one attached hydrogen (secondary N) is 1. The highest BCUT2D eigenvalue weighted by molar-refractivity contribution is 5.88. The summed E-state index contributed by atoms with van der Waals surface area (Å²) in [5.41, 5.74) is 1.51. The molecular weight excluding hydrogens is 364 g/mol. The number of para-hydroxylation sites is 1. The lowest BCUT2D eigenvalue weighted by molar-refractivity contribution is -0.127. The average molecular weight is 397 g/mol. The fourth-order valence-electron chi connectivity index (χ4n) is 4.35. The Balaban J connectivity index is 1.85. The minimum Gasteiger partial charge on any atom is -0.493 e. The molecule has 0 bridgehead atoms. The fourth-order valence-corrected chi connectivity index (χ4v) is 4.35. The van der Waals surface area contributed by atoms with E-state index in [1.807, 2.05) is 36.4 Å². The molecule has 0 unspecified atom stereocenters. The smallest absolute Gasteiger partial charge is 0.230 e. The minimum atomic E-state index is -0.503. The Morgan fingerprint density at radius 2 is 1.83 bits per heavy atom. The molecule has 1 amide bonds. The molecule has 0 saturated carbocycles. The number of hydrogen-bond donors (Lipinski definition) is 1. The van der Waals surface area contributed by atoms with Gasteiger partial charge < -0.3 is 19.7 Å². The second-order valence-electron chi connectivity index (χ2n) is 7.57. The van der Waals surface area contributed by atoms with E-state index in [0.29, 0.717) is 18.0 Å². The van der Waals surface area contributed by atoms with E-state index in [2.05, 4.69) is 29.3 Å². The fraction of sp³-hybridized carbons (Fsp3) is 0.458. The number of nitrogens with zero attached hydrogens (tertiary/aromatic N) is 1. The Hall–Kier alpha value is -2.53. The summed E-state index contributed by atoms with van der Waals surface area (Å²) in [5.74, 6) is 1.43. The Morgan fingerprint density at radius 3 is 2.52 bits per heavy atom. The summed E-state index contributed by atoms with van der Waals surface area (Å²) < 4.78 is 10.9. The van der Waals surface area contributed by atoms with Crippen molar-refractivity contribution in [2.45, 2.75) is 38.1 Å². The van der Waals surface area contributed by atoms with Crippen molar-refractivity contribution in [2.75, 3.05) is 33.9 Å². The van der Waals surface area contributed by atoms with Gasteiger partial charge in [-0.05, 0) is 50.5 Å². The maximum Gasteiger partial charge on any atom is 0.230 e. The predicted molar refractivity (Wildman–Crippen MR) is 115 cm³/mol. The summed E-state index contributed by atoms with van der Waals surface area (Å²) in [5, 5.41) is 3.20. The van der Waals surface area contributed by atoms with Gasteiger partial charge in [-0.2, -0.15) is 0 Å². The van der Waals surface area contributed by atoms with Crippen LogP contribution in [0.5, 0.6) is 11.5 Å². The third-order valence-electron chi connectivity index (χ3n) is 6.06. The van der Waals surface area contributed by atoms with Gasteiger partial charge in [0, 0.05) is 12.1 Å². The van der Waals surface area contributed by atoms with Crippen molar-refractivity contribution in [1.29, 1.82) is 0 Å². The molecule has 1 saturated heterocycles. The normalized spacial score (nSPS) is 20.0. The van der Waals surface area contributed by atoms with Crippen molar-refractivity contribution < 1.29 is 14.3 Å². The molecule has 156 valence electrons. The second kappa shape index (κ2) is 9.79. The Labute approximate surface area is 174 Å². The van der Waals surface area contributed by atoms with Crippen LogP contribution in [-0.2, 0) is 16.8 Å². The molecule has 3 rings (SSSR count). The number of carbonyl (C=O) groups is 1. The van der Waals surface area contributed by atoms with Crippen molar-refractivity contribution >= 4 is 5.91 Å². The maximum atomic E-state index is 13.6. The first-order chi connectivity index (χ1) is 14.1. The summed E-state index contributed by atoms with van der Waals surface area (Å²) in [6.07, 6.45) is 2.69. The molecule has 29 heavy (non-hydrogen) atoms. The first-order valence-electron chi connectivity index (χ1n) is 10.4. The van der Waals surface area contributed by atoms with Crippen LogP contribution in [0.3, 0.4) is 0 Å². The van der Waals surface area contributed by atoms with E-state index in [1.165, 1.54) is 0 Å². The number of likely N-dealkylation sites (tertiary alicyclic amines) is 1. The van der Waals surface area contributed by atoms with Crippen LogP contribution in [0, 0.1) is 0 Å². The van der Waals surface area contributed by atoms with Gasteiger partial charge in [-0.15, -0.1) is 0 Å². The van der Waals surface area contributed by atoms with E-state index < -0.39 is 5.41 Å². The molecule has 5 nitrogen and oxygen atoms in total. The number of amides is 1. The van der Waals surface area contributed by atoms with Crippen molar-refractivity contribution in [3.63, 3.8) is 0 Å². The predicted octanol–water partition coefficient (Wildman–Crippen LogP) is 3.76. The largest absolute Gasteiger partial charge is 0.493 e. The van der Waals surface area contributed by atoms with Crippen LogP contribution in [0.15, 0.2) is 48.5 Å². The van der Waals surface area contributed by atoms with Gasteiger partial charge in [0.2, 0.25) is 5.91 Å². The number of carbonyl (C=O) groups excluding carboxylic acids is 1. The molecule has 1 aliphatic rings. The summed E-state index contributed by atoms with van der Waals surface area (Å²) in [7, 11) is 3.24. The Morgan fingerprint density at radius 1 is 1.03 bits per heavy atom. The van der Waals surface area contributed by atoms with Gasteiger partial charge in [0.25, 0.3) is 0 Å². The average Bonchev–Trinajstić information content (AvgIpc) is 3.01. The first kappa shape index (κ1) is 21.2. The van der Waals surface area contributed by atoms with Crippen LogP contribution in [-0.4, -0.2) is 44.7 Å². The summed E-state index contributed by atoms with van der Waals surface area (Å²) in [4.78, 5) is 16.0. The van der Waals surface area contributed by atoms with Crippen LogP contribution in [0.4, 0.5) is 0 Å².